The van der Waals surface area contributed by atoms with E-state index in [-0.39, 0.29) is 25.1 Å². The Bertz CT molecular complexity index is 832. The summed E-state index contributed by atoms with van der Waals surface area (Å²) < 4.78 is 29.2. The quantitative estimate of drug-likeness (QED) is 0.589. The minimum Gasteiger partial charge on any atom is -0.462 e. The van der Waals surface area contributed by atoms with Crippen LogP contribution < -0.4 is 5.32 Å². The van der Waals surface area contributed by atoms with Gasteiger partial charge in [-0.2, -0.15) is 0 Å². The predicted octanol–water partition coefficient (Wildman–Crippen LogP) is 2.96. The molecule has 2 rings (SSSR count). The number of ether oxygens (including phenoxy) is 1. The molecule has 0 saturated heterocycles. The van der Waals surface area contributed by atoms with Gasteiger partial charge in [0.25, 0.3) is 0 Å². The predicted molar refractivity (Wildman–Crippen MR) is 116 cm³/mol. The smallest absolute Gasteiger partial charge is 0.341 e. The fraction of sp³-hybridized carbons (Fsp3) is 0.700. The number of carbonyl (C=O) groups excluding carboxylic acids is 2. The highest BCUT2D eigenvalue weighted by Gasteiger charge is 2.37. The van der Waals surface area contributed by atoms with E-state index < -0.39 is 21.1 Å². The molecule has 1 amide bonds. The van der Waals surface area contributed by atoms with Crippen molar-refractivity contribution in [1.29, 1.82) is 0 Å². The molecule has 0 spiro atoms. The highest BCUT2D eigenvalue weighted by atomic mass is 32.2. The fourth-order valence-electron chi connectivity index (χ4n) is 3.92. The molecule has 7 nitrogen and oxygen atoms in total. The molecule has 0 unspecified atom stereocenters. The van der Waals surface area contributed by atoms with E-state index >= 15 is 0 Å². The van der Waals surface area contributed by atoms with Crippen LogP contribution in [-0.2, 0) is 25.8 Å². The molecule has 0 aliphatic heterocycles. The topological polar surface area (TPSA) is 92.8 Å². The van der Waals surface area contributed by atoms with Crippen LogP contribution in [0, 0.1) is 5.92 Å². The highest BCUT2D eigenvalue weighted by Crippen LogP contribution is 2.32. The van der Waals surface area contributed by atoms with Gasteiger partial charge in [-0.15, -0.1) is 11.3 Å². The zero-order valence-corrected chi connectivity index (χ0v) is 19.5. The van der Waals surface area contributed by atoms with Crippen LogP contribution in [0.25, 0.3) is 0 Å². The molecule has 1 fully saturated rings. The Hall–Kier alpha value is -1.45. The number of thiophene rings is 1. The van der Waals surface area contributed by atoms with Gasteiger partial charge in [0.2, 0.25) is 5.91 Å². The van der Waals surface area contributed by atoms with Crippen molar-refractivity contribution in [1.82, 2.24) is 4.90 Å². The van der Waals surface area contributed by atoms with Crippen molar-refractivity contribution in [3.05, 3.63) is 16.5 Å². The van der Waals surface area contributed by atoms with Crippen molar-refractivity contribution in [2.75, 3.05) is 31.8 Å². The van der Waals surface area contributed by atoms with E-state index in [0.29, 0.717) is 22.9 Å². The number of nitrogens with one attached hydrogen (secondary N) is 1. The molecule has 9 heteroatoms. The zero-order chi connectivity index (χ0) is 21.8. The summed E-state index contributed by atoms with van der Waals surface area (Å²) in [6.07, 6.45) is 4.21. The SMILES string of the molecule is CCOC(=O)c1c(CC(C)C)csc1NC(=O)CN(C)[C@H]1CCC[C@H]1S(C)(=O)=O. The van der Waals surface area contributed by atoms with Crippen LogP contribution in [0.1, 0.15) is 56.0 Å². The van der Waals surface area contributed by atoms with Gasteiger partial charge in [0.05, 0.1) is 24.0 Å². The maximum Gasteiger partial charge on any atom is 0.341 e. The van der Waals surface area contributed by atoms with Crippen molar-refractivity contribution in [3.8, 4) is 0 Å². The molecule has 1 saturated carbocycles. The minimum atomic E-state index is -3.16. The van der Waals surface area contributed by atoms with Crippen LogP contribution in [0.3, 0.4) is 0 Å². The summed E-state index contributed by atoms with van der Waals surface area (Å²) in [6, 6.07) is -0.167. The summed E-state index contributed by atoms with van der Waals surface area (Å²) in [7, 11) is -1.38. The number of likely N-dealkylation sites (N-methyl/N-ethyl adjacent to an activating group) is 1. The lowest BCUT2D eigenvalue weighted by molar-refractivity contribution is -0.117. The van der Waals surface area contributed by atoms with Crippen LogP contribution >= 0.6 is 11.3 Å². The number of rotatable bonds is 9. The molecule has 1 N–H and O–H groups in total. The van der Waals surface area contributed by atoms with Crippen molar-refractivity contribution in [2.24, 2.45) is 5.92 Å². The lowest BCUT2D eigenvalue weighted by atomic mass is 10.0. The Morgan fingerprint density at radius 2 is 2.03 bits per heavy atom. The summed E-state index contributed by atoms with van der Waals surface area (Å²) in [5.74, 6) is -0.334. The maximum atomic E-state index is 12.7. The average molecular weight is 445 g/mol. The Morgan fingerprint density at radius 3 is 2.62 bits per heavy atom. The molecule has 0 bridgehead atoms. The first-order chi connectivity index (χ1) is 13.5. The summed E-state index contributed by atoms with van der Waals surface area (Å²) in [6.45, 7) is 6.22. The summed E-state index contributed by atoms with van der Waals surface area (Å²) in [5, 5.41) is 4.78. The van der Waals surface area contributed by atoms with Crippen molar-refractivity contribution in [3.63, 3.8) is 0 Å². The number of nitrogens with zero attached hydrogens (tertiary/aromatic N) is 1. The fourth-order valence-corrected chi connectivity index (χ4v) is 6.41. The van der Waals surface area contributed by atoms with Crippen molar-refractivity contribution < 1.29 is 22.7 Å². The van der Waals surface area contributed by atoms with Crippen LogP contribution in [0.2, 0.25) is 0 Å². The minimum absolute atomic E-state index is 0.0658. The maximum absolute atomic E-state index is 12.7. The Balaban J connectivity index is 2.12. The molecule has 1 aliphatic carbocycles. The van der Waals surface area contributed by atoms with Gasteiger partial charge in [-0.05, 0) is 50.1 Å². The number of esters is 1. The van der Waals surface area contributed by atoms with E-state index in [1.54, 1.807) is 18.9 Å². The van der Waals surface area contributed by atoms with Crippen LogP contribution in [-0.4, -0.2) is 62.9 Å². The Labute approximate surface area is 177 Å². The second-order valence-corrected chi connectivity index (χ2v) is 11.3. The lowest BCUT2D eigenvalue weighted by Gasteiger charge is -2.28. The van der Waals surface area contributed by atoms with Crippen LogP contribution in [0.4, 0.5) is 5.00 Å². The molecule has 1 aromatic rings. The van der Waals surface area contributed by atoms with Gasteiger partial charge in [-0.3, -0.25) is 9.69 Å². The van der Waals surface area contributed by atoms with Gasteiger partial charge < -0.3 is 10.1 Å². The lowest BCUT2D eigenvalue weighted by Crippen LogP contribution is -2.44. The average Bonchev–Trinajstić information content (AvgIpc) is 3.21. The molecule has 0 radical (unpaired) electrons. The number of carbonyl (C=O) groups is 2. The first-order valence-electron chi connectivity index (χ1n) is 10.0. The molecule has 164 valence electrons. The second kappa shape index (κ2) is 10.0. The summed E-state index contributed by atoms with van der Waals surface area (Å²) in [5.41, 5.74) is 1.30. The standard InChI is InChI=1S/C20H32N2O5S2/c1-6-27-20(24)18-14(10-13(2)3)12-28-19(18)21-17(23)11-22(4)15-8-7-9-16(15)29(5,25)26/h12-13,15-16H,6-11H2,1-5H3,(H,21,23)/t15-,16+/m0/s1. The number of anilines is 1. The Morgan fingerprint density at radius 1 is 1.34 bits per heavy atom. The molecule has 0 aromatic carbocycles. The molecule has 1 heterocycles. The second-order valence-electron chi connectivity index (χ2n) is 8.11. The third-order valence-electron chi connectivity index (χ3n) is 5.15. The Kier molecular flexibility index (Phi) is 8.25. The van der Waals surface area contributed by atoms with Crippen LogP contribution in [0.5, 0.6) is 0 Å². The van der Waals surface area contributed by atoms with Crippen molar-refractivity contribution >= 4 is 38.1 Å². The number of sulfone groups is 1. The monoisotopic (exact) mass is 444 g/mol. The van der Waals surface area contributed by atoms with E-state index in [1.165, 1.54) is 17.6 Å². The largest absolute Gasteiger partial charge is 0.462 e. The summed E-state index contributed by atoms with van der Waals surface area (Å²) >= 11 is 1.32. The third-order valence-corrected chi connectivity index (χ3v) is 7.75. The number of hydrogen-bond acceptors (Lipinski definition) is 7. The van der Waals surface area contributed by atoms with Gasteiger partial charge in [-0.25, -0.2) is 13.2 Å². The van der Waals surface area contributed by atoms with E-state index in [1.807, 2.05) is 5.38 Å². The normalized spacial score (nSPS) is 19.7. The van der Waals surface area contributed by atoms with Gasteiger partial charge in [-0.1, -0.05) is 20.3 Å². The first kappa shape index (κ1) is 23.8. The first-order valence-corrected chi connectivity index (χ1v) is 12.8. The van der Waals surface area contributed by atoms with Gasteiger partial charge >= 0.3 is 5.97 Å². The van der Waals surface area contributed by atoms with Gasteiger partial charge in [0.1, 0.15) is 5.00 Å². The molecule has 29 heavy (non-hydrogen) atoms. The zero-order valence-electron chi connectivity index (χ0n) is 17.9. The molecule has 2 atom stereocenters. The van der Waals surface area contributed by atoms with Gasteiger partial charge in [0, 0.05) is 12.3 Å². The number of hydrogen-bond donors (Lipinski definition) is 1. The number of amides is 1. The molecule has 1 aromatic heterocycles. The van der Waals surface area contributed by atoms with Crippen molar-refractivity contribution in [2.45, 2.75) is 57.7 Å². The molecular formula is C20H32N2O5S2. The third kappa shape index (κ3) is 6.26. The molecular weight excluding hydrogens is 412 g/mol. The van der Waals surface area contributed by atoms with E-state index in [0.717, 1.165) is 24.8 Å². The summed E-state index contributed by atoms with van der Waals surface area (Å²) in [4.78, 5) is 26.9. The van der Waals surface area contributed by atoms with E-state index in [9.17, 15) is 18.0 Å². The van der Waals surface area contributed by atoms with E-state index in [4.69, 9.17) is 4.74 Å². The molecule has 1 aliphatic rings. The van der Waals surface area contributed by atoms with Crippen LogP contribution in [0.15, 0.2) is 5.38 Å². The highest BCUT2D eigenvalue weighted by molar-refractivity contribution is 7.91. The van der Waals surface area contributed by atoms with Gasteiger partial charge in [0.15, 0.2) is 9.84 Å². The van der Waals surface area contributed by atoms with E-state index in [2.05, 4.69) is 19.2 Å².